The van der Waals surface area contributed by atoms with Crippen molar-refractivity contribution in [3.63, 3.8) is 0 Å². The molecule has 29 heavy (non-hydrogen) atoms. The van der Waals surface area contributed by atoms with E-state index in [9.17, 15) is 4.79 Å². The molecule has 1 amide bonds. The summed E-state index contributed by atoms with van der Waals surface area (Å²) in [7, 11) is 0. The van der Waals surface area contributed by atoms with Gasteiger partial charge in [0.15, 0.2) is 10.6 Å². The Morgan fingerprint density at radius 2 is 2.21 bits per heavy atom. The number of hydrogen-bond donors (Lipinski definition) is 1. The fourth-order valence-electron chi connectivity index (χ4n) is 3.95. The normalized spacial score (nSPS) is 18.3. The van der Waals surface area contributed by atoms with Crippen molar-refractivity contribution in [2.24, 2.45) is 0 Å². The first-order valence-corrected chi connectivity index (χ1v) is 11.1. The molecule has 0 aromatic carbocycles. The van der Waals surface area contributed by atoms with Crippen LogP contribution >= 0.6 is 23.6 Å². The van der Waals surface area contributed by atoms with Crippen LogP contribution in [-0.4, -0.2) is 53.4 Å². The minimum Gasteiger partial charge on any atom is -0.340 e. The number of H-pyrrole nitrogens is 1. The van der Waals surface area contributed by atoms with E-state index in [4.69, 9.17) is 12.2 Å². The smallest absolute Gasteiger partial charge is 0.245 e. The minimum atomic E-state index is -0.430. The van der Waals surface area contributed by atoms with Crippen molar-refractivity contribution < 1.29 is 4.79 Å². The number of piperidine rings is 1. The Balaban J connectivity index is 1.56. The van der Waals surface area contributed by atoms with Gasteiger partial charge in [-0.05, 0) is 57.3 Å². The van der Waals surface area contributed by atoms with Crippen LogP contribution in [-0.2, 0) is 4.79 Å². The second kappa shape index (κ2) is 8.19. The number of amides is 1. The molecule has 0 radical (unpaired) electrons. The first-order chi connectivity index (χ1) is 14.0. The maximum Gasteiger partial charge on any atom is 0.245 e. The Labute approximate surface area is 178 Å². The van der Waals surface area contributed by atoms with E-state index >= 15 is 0 Å². The van der Waals surface area contributed by atoms with Gasteiger partial charge in [0.25, 0.3) is 0 Å². The number of hydrogen-bond acceptors (Lipinski definition) is 6. The van der Waals surface area contributed by atoms with Crippen LogP contribution in [0.5, 0.6) is 0 Å². The van der Waals surface area contributed by atoms with Crippen LogP contribution in [0.15, 0.2) is 23.8 Å². The van der Waals surface area contributed by atoms with Gasteiger partial charge in [0.1, 0.15) is 18.2 Å². The summed E-state index contributed by atoms with van der Waals surface area (Å²) >= 11 is 7.01. The Hall–Kier alpha value is -2.33. The number of thiophene rings is 1. The second-order valence-electron chi connectivity index (χ2n) is 7.69. The van der Waals surface area contributed by atoms with Crippen molar-refractivity contribution in [2.75, 3.05) is 13.1 Å². The fraction of sp³-hybridized carbons (Fsp3) is 0.526. The van der Waals surface area contributed by atoms with Crippen LogP contribution < -0.4 is 0 Å². The lowest BCUT2D eigenvalue weighted by Crippen LogP contribution is -2.43. The van der Waals surface area contributed by atoms with Crippen molar-refractivity contribution in [2.45, 2.75) is 51.6 Å². The average molecular weight is 432 g/mol. The lowest BCUT2D eigenvalue weighted by molar-refractivity contribution is -0.135. The lowest BCUT2D eigenvalue weighted by Gasteiger charge is -2.34. The van der Waals surface area contributed by atoms with Crippen LogP contribution in [0.4, 0.5) is 0 Å². The fourth-order valence-corrected chi connectivity index (χ4v) is 4.95. The van der Waals surface area contributed by atoms with E-state index in [1.165, 1.54) is 0 Å². The van der Waals surface area contributed by atoms with E-state index in [1.54, 1.807) is 17.7 Å². The van der Waals surface area contributed by atoms with E-state index in [-0.39, 0.29) is 11.8 Å². The monoisotopic (exact) mass is 431 g/mol. The molecule has 1 saturated heterocycles. The highest BCUT2D eigenvalue weighted by Crippen LogP contribution is 2.30. The molecule has 154 valence electrons. The molecule has 1 fully saturated rings. The maximum absolute atomic E-state index is 13.4. The predicted octanol–water partition coefficient (Wildman–Crippen LogP) is 3.81. The van der Waals surface area contributed by atoms with Gasteiger partial charge in [0, 0.05) is 25.0 Å². The topological polar surface area (TPSA) is 84.6 Å². The van der Waals surface area contributed by atoms with E-state index < -0.39 is 6.04 Å². The summed E-state index contributed by atoms with van der Waals surface area (Å²) in [6, 6.07) is 3.82. The number of likely N-dealkylation sites (tertiary alicyclic amines) is 1. The van der Waals surface area contributed by atoms with Gasteiger partial charge in [-0.15, -0.1) is 21.5 Å². The molecule has 0 bridgehead atoms. The number of aromatic amines is 1. The number of carbonyl (C=O) groups excluding carboxylic acids is 1. The summed E-state index contributed by atoms with van der Waals surface area (Å²) in [6.45, 7) is 7.52. The van der Waals surface area contributed by atoms with E-state index in [1.807, 2.05) is 33.9 Å². The molecule has 3 aromatic heterocycles. The molecule has 1 aliphatic heterocycles. The van der Waals surface area contributed by atoms with Crippen LogP contribution in [0.25, 0.3) is 10.7 Å². The van der Waals surface area contributed by atoms with E-state index in [0.29, 0.717) is 23.2 Å². The van der Waals surface area contributed by atoms with Gasteiger partial charge < -0.3 is 9.47 Å². The van der Waals surface area contributed by atoms with Crippen molar-refractivity contribution in [3.8, 4) is 10.7 Å². The van der Waals surface area contributed by atoms with E-state index in [0.717, 1.165) is 30.1 Å². The lowest BCUT2D eigenvalue weighted by atomic mass is 9.96. The second-order valence-corrected chi connectivity index (χ2v) is 9.02. The molecule has 10 heteroatoms. The van der Waals surface area contributed by atoms with Gasteiger partial charge in [-0.2, -0.15) is 5.10 Å². The number of rotatable bonds is 5. The van der Waals surface area contributed by atoms with Crippen molar-refractivity contribution in [1.29, 1.82) is 0 Å². The highest BCUT2D eigenvalue weighted by molar-refractivity contribution is 7.71. The first-order valence-electron chi connectivity index (χ1n) is 9.86. The summed E-state index contributed by atoms with van der Waals surface area (Å²) in [5, 5.41) is 17.6. The molecular weight excluding hydrogens is 406 g/mol. The minimum absolute atomic E-state index is 0.0561. The maximum atomic E-state index is 13.4. The molecule has 4 rings (SSSR count). The largest absolute Gasteiger partial charge is 0.340 e. The zero-order valence-electron chi connectivity index (χ0n) is 16.8. The van der Waals surface area contributed by atoms with Gasteiger partial charge in [0.2, 0.25) is 5.91 Å². The Kier molecular flexibility index (Phi) is 5.64. The standard InChI is InChI=1S/C19H25N7OS2/c1-12(2)25-11-20-21-16(25)14-6-4-8-24(10-14)18(27)13(3)26-17(22-23-19(26)28)15-7-5-9-29-15/h5,7,9,11-14H,4,6,8,10H2,1-3H3,(H,23,28). The van der Waals surface area contributed by atoms with Gasteiger partial charge in [-0.3, -0.25) is 14.5 Å². The van der Waals surface area contributed by atoms with Crippen molar-refractivity contribution >= 4 is 29.5 Å². The third-order valence-electron chi connectivity index (χ3n) is 5.45. The molecule has 1 aliphatic rings. The van der Waals surface area contributed by atoms with Gasteiger partial charge in [-0.25, -0.2) is 0 Å². The summed E-state index contributed by atoms with van der Waals surface area (Å²) in [6.07, 6.45) is 3.74. The quantitative estimate of drug-likeness (QED) is 0.621. The van der Waals surface area contributed by atoms with E-state index in [2.05, 4.69) is 38.8 Å². The molecule has 8 nitrogen and oxygen atoms in total. The molecule has 0 saturated carbocycles. The molecule has 2 atom stereocenters. The summed E-state index contributed by atoms with van der Waals surface area (Å²) < 4.78 is 4.38. The third-order valence-corrected chi connectivity index (χ3v) is 6.60. The Morgan fingerprint density at radius 1 is 1.38 bits per heavy atom. The Morgan fingerprint density at radius 3 is 2.93 bits per heavy atom. The van der Waals surface area contributed by atoms with Crippen molar-refractivity contribution in [1.82, 2.24) is 34.4 Å². The molecular formula is C19H25N7OS2. The zero-order valence-corrected chi connectivity index (χ0v) is 18.4. The molecule has 0 spiro atoms. The van der Waals surface area contributed by atoms with Crippen LogP contribution in [0.3, 0.4) is 0 Å². The number of nitrogens with one attached hydrogen (secondary N) is 1. The molecule has 1 N–H and O–H groups in total. The van der Waals surface area contributed by atoms with Crippen LogP contribution in [0, 0.1) is 4.77 Å². The van der Waals surface area contributed by atoms with Gasteiger partial charge in [-0.1, -0.05) is 6.07 Å². The van der Waals surface area contributed by atoms with Crippen LogP contribution in [0.1, 0.15) is 57.4 Å². The summed E-state index contributed by atoms with van der Waals surface area (Å²) in [4.78, 5) is 16.3. The van der Waals surface area contributed by atoms with Gasteiger partial charge >= 0.3 is 0 Å². The van der Waals surface area contributed by atoms with Crippen molar-refractivity contribution in [3.05, 3.63) is 34.4 Å². The predicted molar refractivity (Wildman–Crippen MR) is 114 cm³/mol. The third kappa shape index (κ3) is 3.78. The molecule has 3 aromatic rings. The molecule has 4 heterocycles. The first kappa shape index (κ1) is 20.0. The highest BCUT2D eigenvalue weighted by atomic mass is 32.1. The number of carbonyl (C=O) groups is 1. The number of aromatic nitrogens is 6. The zero-order chi connectivity index (χ0) is 20.5. The SMILES string of the molecule is CC(C)n1cnnc1C1CCCN(C(=O)C(C)n2c(-c3cccs3)n[nH]c2=S)C1. The highest BCUT2D eigenvalue weighted by Gasteiger charge is 2.32. The average Bonchev–Trinajstić information content (AvgIpc) is 3.46. The summed E-state index contributed by atoms with van der Waals surface area (Å²) in [5.74, 6) is 1.92. The van der Waals surface area contributed by atoms with Gasteiger partial charge in [0.05, 0.1) is 4.88 Å². The molecule has 2 unspecified atom stereocenters. The van der Waals surface area contributed by atoms with Crippen LogP contribution in [0.2, 0.25) is 0 Å². The molecule has 0 aliphatic carbocycles. The summed E-state index contributed by atoms with van der Waals surface area (Å²) in [5.41, 5.74) is 0. The Bertz CT molecular complexity index is 1030. The number of nitrogens with zero attached hydrogens (tertiary/aromatic N) is 6.